The molecule has 304 valence electrons. The van der Waals surface area contributed by atoms with Gasteiger partial charge in [-0.25, -0.2) is 18.3 Å². The molecule has 8 N–H and O–H groups in total. The Labute approximate surface area is 323 Å². The lowest BCUT2D eigenvalue weighted by Crippen LogP contribution is -2.17. The van der Waals surface area contributed by atoms with Gasteiger partial charge in [0.1, 0.15) is 46.0 Å². The fourth-order valence-electron chi connectivity index (χ4n) is 7.99. The van der Waals surface area contributed by atoms with Crippen molar-refractivity contribution >= 4 is 30.4 Å². The van der Waals surface area contributed by atoms with Gasteiger partial charge in [-0.2, -0.15) is 0 Å². The van der Waals surface area contributed by atoms with Gasteiger partial charge < -0.3 is 58.1 Å². The summed E-state index contributed by atoms with van der Waals surface area (Å²) in [6.45, 7) is 12.6. The molecule has 9 rings (SSSR count). The molecule has 0 saturated carbocycles. The highest BCUT2D eigenvalue weighted by molar-refractivity contribution is 7.54. The van der Waals surface area contributed by atoms with Crippen molar-refractivity contribution in [2.75, 3.05) is 26.7 Å². The maximum Gasteiger partial charge on any atom is 0.427 e. The molecule has 4 aromatic carbocycles. The normalized spacial score (nSPS) is 25.3. The molecule has 4 aliphatic heterocycles. The molecule has 56 heavy (non-hydrogen) atoms. The molecule has 0 saturated heterocycles. The quantitative estimate of drug-likeness (QED) is 0.148. The fourth-order valence-corrected chi connectivity index (χ4v) is 12.8. The molecule has 0 atom stereocenters. The van der Waals surface area contributed by atoms with E-state index in [0.29, 0.717) is 93.9 Å². The first kappa shape index (κ1) is 43.2. The lowest BCUT2D eigenvalue weighted by molar-refractivity contribution is 0.369. The Hall–Kier alpha value is -3.96. The second-order valence-electron chi connectivity index (χ2n) is 14.4. The second kappa shape index (κ2) is 13.9. The van der Waals surface area contributed by atoms with Gasteiger partial charge in [-0.1, -0.05) is 0 Å². The summed E-state index contributed by atoms with van der Waals surface area (Å²) in [6.07, 6.45) is 1.25. The van der Waals surface area contributed by atoms with Crippen molar-refractivity contribution in [3.05, 3.63) is 91.0 Å². The average molecular weight is 857 g/mol. The molecule has 0 unspecified atom stereocenters. The van der Waals surface area contributed by atoms with Gasteiger partial charge in [0.05, 0.1) is 26.7 Å². The van der Waals surface area contributed by atoms with Crippen molar-refractivity contribution in [1.29, 1.82) is 0 Å². The molecule has 0 radical (unpaired) electrons. The first-order valence-electron chi connectivity index (χ1n) is 16.8. The van der Waals surface area contributed by atoms with Crippen molar-refractivity contribution in [3.63, 3.8) is 0 Å². The third kappa shape index (κ3) is 6.90. The Morgan fingerprint density at radius 2 is 0.446 bits per heavy atom. The molecule has 0 spiro atoms. The highest BCUT2D eigenvalue weighted by atomic mass is 31.2. The SMILES string of the molecule is Cc1c2c3cc4c1OP(C)(=O)Oc1c(cc5c(c1C)OP(C)(=O)Oc1c(cc6c(c1C)OP(C)(=O)Oc1c(cc(c(c1C)OP(C)(=O)O2)C3)C6)C5)C4.O.O.O.O. The molecule has 16 nitrogen and oxygen atoms in total. The van der Waals surface area contributed by atoms with Gasteiger partial charge in [0, 0.05) is 92.4 Å². The maximum absolute atomic E-state index is 14.1. The van der Waals surface area contributed by atoms with E-state index in [2.05, 4.69) is 0 Å². The average Bonchev–Trinajstić information content (AvgIpc) is 3.01. The van der Waals surface area contributed by atoms with Crippen LogP contribution >= 0.6 is 30.4 Å². The van der Waals surface area contributed by atoms with E-state index in [-0.39, 0.29) is 21.9 Å². The molecule has 0 aromatic heterocycles. The minimum absolute atomic E-state index is 0. The lowest BCUT2D eigenvalue weighted by Gasteiger charge is -2.33. The van der Waals surface area contributed by atoms with Gasteiger partial charge in [-0.15, -0.1) is 0 Å². The monoisotopic (exact) mass is 856 g/mol. The molecule has 4 heterocycles. The molecule has 8 bridgehead atoms. The molecular formula is C36H44O16P4. The highest BCUT2D eigenvalue weighted by Crippen LogP contribution is 2.62. The van der Waals surface area contributed by atoms with Gasteiger partial charge in [0.25, 0.3) is 0 Å². The summed E-state index contributed by atoms with van der Waals surface area (Å²) in [7, 11) is -15.4. The van der Waals surface area contributed by atoms with E-state index >= 15 is 0 Å². The van der Waals surface area contributed by atoms with E-state index in [0.717, 1.165) is 44.5 Å². The second-order valence-corrected chi connectivity index (χ2v) is 22.1. The number of hydrogen-bond acceptors (Lipinski definition) is 12. The Kier molecular flexibility index (Phi) is 10.7. The third-order valence-corrected chi connectivity index (χ3v) is 14.1. The summed E-state index contributed by atoms with van der Waals surface area (Å²) < 4.78 is 106. The summed E-state index contributed by atoms with van der Waals surface area (Å²) in [6, 6.07) is 7.73. The first-order chi connectivity index (χ1) is 24.3. The fraction of sp³-hybridized carbons (Fsp3) is 0.333. The van der Waals surface area contributed by atoms with Crippen molar-refractivity contribution in [2.45, 2.75) is 53.4 Å². The zero-order chi connectivity index (χ0) is 36.9. The Bertz CT molecular complexity index is 2080. The standard InChI is InChI=1S/C36H36O12P4.4H2O/c1-17-29-21-9-22-14-24-11-26-16-28-12-27-15-25-10-23(13-21)31(43-49(5,37)41-29)18(2)33(25)45-51(7,39)47-35(27)20(4)36(28)48-52(8,40)46-34(26)19(3)32(24)44-50(6,38)42-30(17)22;;;;/h9-12H,13-16H2,1-8H3;4*1H2. The van der Waals surface area contributed by atoms with Crippen LogP contribution in [-0.2, 0) is 43.9 Å². The van der Waals surface area contributed by atoms with Gasteiger partial charge in [0.15, 0.2) is 0 Å². The number of rotatable bonds is 0. The molecule has 20 heteroatoms. The lowest BCUT2D eigenvalue weighted by atomic mass is 9.88. The zero-order valence-electron chi connectivity index (χ0n) is 31.8. The van der Waals surface area contributed by atoms with E-state index in [4.69, 9.17) is 36.2 Å². The van der Waals surface area contributed by atoms with Crippen LogP contribution in [0.4, 0.5) is 0 Å². The van der Waals surface area contributed by atoms with Crippen molar-refractivity contribution in [3.8, 4) is 46.0 Å². The predicted molar refractivity (Wildman–Crippen MR) is 210 cm³/mol. The summed E-state index contributed by atoms with van der Waals surface area (Å²) >= 11 is 0. The molecular weight excluding hydrogens is 812 g/mol. The van der Waals surface area contributed by atoms with Crippen LogP contribution in [0, 0.1) is 27.7 Å². The Morgan fingerprint density at radius 3 is 0.571 bits per heavy atom. The smallest absolute Gasteiger partial charge is 0.415 e. The third-order valence-electron chi connectivity index (χ3n) is 10.0. The van der Waals surface area contributed by atoms with E-state index in [1.807, 2.05) is 24.3 Å². The van der Waals surface area contributed by atoms with Crippen LogP contribution in [0.25, 0.3) is 0 Å². The van der Waals surface area contributed by atoms with E-state index in [9.17, 15) is 18.3 Å². The Balaban J connectivity index is 0.00000150. The van der Waals surface area contributed by atoms with Crippen LogP contribution in [-0.4, -0.2) is 48.6 Å². The van der Waals surface area contributed by atoms with Gasteiger partial charge in [0.2, 0.25) is 0 Å². The summed E-state index contributed by atoms with van der Waals surface area (Å²) in [4.78, 5) is 0. The van der Waals surface area contributed by atoms with Crippen LogP contribution in [0.15, 0.2) is 24.3 Å². The maximum atomic E-state index is 14.1. The molecule has 0 fully saturated rings. The predicted octanol–water partition coefficient (Wildman–Crippen LogP) is 6.67. The van der Waals surface area contributed by atoms with Crippen LogP contribution in [0.2, 0.25) is 0 Å². The molecule has 4 aromatic rings. The van der Waals surface area contributed by atoms with E-state index in [1.165, 1.54) is 26.7 Å². The summed E-state index contributed by atoms with van der Waals surface area (Å²) in [5, 5.41) is 0. The van der Waals surface area contributed by atoms with Gasteiger partial charge >= 0.3 is 30.4 Å². The zero-order valence-corrected chi connectivity index (χ0v) is 35.4. The Morgan fingerprint density at radius 1 is 0.321 bits per heavy atom. The largest absolute Gasteiger partial charge is 0.427 e. The van der Waals surface area contributed by atoms with Crippen LogP contribution in [0.3, 0.4) is 0 Å². The minimum Gasteiger partial charge on any atom is -0.415 e. The van der Waals surface area contributed by atoms with E-state index in [1.54, 1.807) is 27.7 Å². The van der Waals surface area contributed by atoms with Gasteiger partial charge in [-0.3, -0.25) is 0 Å². The van der Waals surface area contributed by atoms with Crippen molar-refractivity contribution in [1.82, 2.24) is 0 Å². The number of hydrogen-bond donors (Lipinski definition) is 0. The minimum atomic E-state index is -3.85. The number of benzene rings is 4. The van der Waals surface area contributed by atoms with Crippen LogP contribution in [0.1, 0.15) is 66.8 Å². The van der Waals surface area contributed by atoms with E-state index < -0.39 is 30.4 Å². The topological polar surface area (TPSA) is 268 Å². The van der Waals surface area contributed by atoms with Crippen LogP contribution < -0.4 is 36.2 Å². The molecule has 5 aliphatic rings. The molecule has 0 amide bonds. The first-order valence-corrected chi connectivity index (χ1v) is 24.7. The molecule has 1 aliphatic carbocycles. The summed E-state index contributed by atoms with van der Waals surface area (Å²) in [5.41, 5.74) is 7.80. The summed E-state index contributed by atoms with van der Waals surface area (Å²) in [5.74, 6) is 2.47. The van der Waals surface area contributed by atoms with Crippen molar-refractivity contribution < 1.29 is 76.4 Å². The van der Waals surface area contributed by atoms with Crippen molar-refractivity contribution in [2.24, 2.45) is 0 Å². The van der Waals surface area contributed by atoms with Gasteiger partial charge in [-0.05, 0) is 52.0 Å². The highest BCUT2D eigenvalue weighted by Gasteiger charge is 2.40. The van der Waals surface area contributed by atoms with Crippen LogP contribution in [0.5, 0.6) is 46.0 Å².